The fraction of sp³-hybridized carbons (Fsp3) is 0.130. The van der Waals surface area contributed by atoms with Crippen molar-refractivity contribution in [3.8, 4) is 11.5 Å². The lowest BCUT2D eigenvalue weighted by molar-refractivity contribution is -0.0345. The summed E-state index contributed by atoms with van der Waals surface area (Å²) in [5.41, 5.74) is 6.13. The first-order chi connectivity index (χ1) is 14.5. The van der Waals surface area contributed by atoms with Gasteiger partial charge in [0, 0.05) is 11.1 Å². The number of halogens is 3. The first-order valence-electron chi connectivity index (χ1n) is 9.36. The summed E-state index contributed by atoms with van der Waals surface area (Å²) in [7, 11) is 1.55. The summed E-state index contributed by atoms with van der Waals surface area (Å²) < 4.78 is 52.5. The van der Waals surface area contributed by atoms with E-state index in [2.05, 4.69) is 5.43 Å². The number of nitrogens with zero attached hydrogens (tertiary/aromatic N) is 1. The van der Waals surface area contributed by atoms with Gasteiger partial charge < -0.3 is 14.9 Å². The van der Waals surface area contributed by atoms with Gasteiger partial charge in [-0.25, -0.2) is 13.2 Å². The Kier molecular flexibility index (Phi) is 4.40. The molecule has 0 radical (unpaired) electrons. The van der Waals surface area contributed by atoms with Crippen LogP contribution in [-0.4, -0.2) is 12.1 Å². The molecule has 0 bridgehead atoms. The Morgan fingerprint density at radius 3 is 2.50 bits per heavy atom. The molecule has 7 heteroatoms. The predicted molar refractivity (Wildman–Crippen MR) is 105 cm³/mol. The van der Waals surface area contributed by atoms with Crippen molar-refractivity contribution >= 4 is 5.70 Å². The van der Waals surface area contributed by atoms with Crippen molar-refractivity contribution in [1.82, 2.24) is 10.4 Å². The minimum absolute atomic E-state index is 0.262. The zero-order chi connectivity index (χ0) is 20.8. The van der Waals surface area contributed by atoms with Crippen molar-refractivity contribution in [2.24, 2.45) is 0 Å². The summed E-state index contributed by atoms with van der Waals surface area (Å²) in [5.74, 6) is -1.13. The van der Waals surface area contributed by atoms with Crippen LogP contribution in [0.1, 0.15) is 29.0 Å². The monoisotopic (exact) mass is 410 g/mol. The van der Waals surface area contributed by atoms with Crippen molar-refractivity contribution in [3.63, 3.8) is 0 Å². The average molecular weight is 410 g/mol. The molecule has 1 N–H and O–H groups in total. The maximum Gasteiger partial charge on any atom is 0.196 e. The molecule has 0 aliphatic carbocycles. The number of ether oxygens (including phenoxy) is 2. The minimum Gasteiger partial charge on any atom is -0.493 e. The molecule has 2 atom stereocenters. The average Bonchev–Trinajstić information content (AvgIpc) is 3.21. The van der Waals surface area contributed by atoms with E-state index in [1.807, 2.05) is 23.2 Å². The molecule has 0 aromatic heterocycles. The maximum absolute atomic E-state index is 14.0. The molecule has 152 valence electrons. The number of fused-ring (bicyclic) bond motifs is 3. The number of hydrogen-bond donors (Lipinski definition) is 1. The van der Waals surface area contributed by atoms with Gasteiger partial charge in [0.1, 0.15) is 5.82 Å². The molecule has 2 aliphatic rings. The van der Waals surface area contributed by atoms with Crippen LogP contribution < -0.4 is 14.9 Å². The predicted octanol–water partition coefficient (Wildman–Crippen LogP) is 5.11. The number of para-hydroxylation sites is 1. The standard InChI is InChI=1S/C23H17F3N2O2/c1-29-21-4-2-3-16-20-12-19(13-5-8-15(24)9-6-13)27-28(20)23(30-22(16)21)14-7-10-17(25)18(26)11-14/h2-12,20,23,27H,1H3. The molecule has 4 nitrogen and oxygen atoms in total. The first-order valence-corrected chi connectivity index (χ1v) is 9.36. The summed E-state index contributed by atoms with van der Waals surface area (Å²) >= 11 is 0. The summed E-state index contributed by atoms with van der Waals surface area (Å²) in [6, 6.07) is 15.1. The highest BCUT2D eigenvalue weighted by Crippen LogP contribution is 2.49. The highest BCUT2D eigenvalue weighted by Gasteiger charge is 2.41. The number of rotatable bonds is 3. The Bertz CT molecular complexity index is 1150. The Morgan fingerprint density at radius 1 is 0.967 bits per heavy atom. The lowest BCUT2D eigenvalue weighted by Crippen LogP contribution is -2.43. The van der Waals surface area contributed by atoms with E-state index in [1.54, 1.807) is 25.3 Å². The smallest absolute Gasteiger partial charge is 0.196 e. The Morgan fingerprint density at radius 2 is 1.77 bits per heavy atom. The van der Waals surface area contributed by atoms with Gasteiger partial charge in [0.2, 0.25) is 0 Å². The SMILES string of the molecule is COc1cccc2c1OC(c1ccc(F)c(F)c1)N1NC(c3ccc(F)cc3)=CC21. The molecule has 0 saturated carbocycles. The van der Waals surface area contributed by atoms with E-state index in [0.717, 1.165) is 29.0 Å². The van der Waals surface area contributed by atoms with Gasteiger partial charge in [0.05, 0.1) is 18.8 Å². The third-order valence-electron chi connectivity index (χ3n) is 5.29. The van der Waals surface area contributed by atoms with Crippen LogP contribution in [0.15, 0.2) is 66.7 Å². The summed E-state index contributed by atoms with van der Waals surface area (Å²) in [5, 5.41) is 1.81. The van der Waals surface area contributed by atoms with Gasteiger partial charge in [-0.2, -0.15) is 5.01 Å². The van der Waals surface area contributed by atoms with E-state index in [0.29, 0.717) is 17.1 Å². The van der Waals surface area contributed by atoms with Crippen LogP contribution in [0.25, 0.3) is 5.70 Å². The Balaban J connectivity index is 1.62. The molecular formula is C23H17F3N2O2. The van der Waals surface area contributed by atoms with Crippen LogP contribution in [0.4, 0.5) is 13.2 Å². The molecule has 2 aliphatic heterocycles. The fourth-order valence-corrected chi connectivity index (χ4v) is 3.83. The lowest BCUT2D eigenvalue weighted by Gasteiger charge is -2.39. The van der Waals surface area contributed by atoms with Crippen LogP contribution in [-0.2, 0) is 0 Å². The molecule has 0 saturated heterocycles. The third-order valence-corrected chi connectivity index (χ3v) is 5.29. The highest BCUT2D eigenvalue weighted by molar-refractivity contribution is 5.68. The molecule has 0 spiro atoms. The Hall–Kier alpha value is -3.45. The summed E-state index contributed by atoms with van der Waals surface area (Å²) in [6.45, 7) is 0. The number of methoxy groups -OCH3 is 1. The van der Waals surface area contributed by atoms with Gasteiger partial charge in [-0.15, -0.1) is 0 Å². The lowest BCUT2D eigenvalue weighted by atomic mass is 10.00. The molecule has 3 aromatic rings. The second kappa shape index (κ2) is 7.11. The van der Waals surface area contributed by atoms with Crippen LogP contribution in [0, 0.1) is 17.5 Å². The van der Waals surface area contributed by atoms with Crippen molar-refractivity contribution in [2.75, 3.05) is 7.11 Å². The molecule has 0 fully saturated rings. The third kappa shape index (κ3) is 2.98. The zero-order valence-electron chi connectivity index (χ0n) is 15.9. The van der Waals surface area contributed by atoms with E-state index in [4.69, 9.17) is 9.47 Å². The topological polar surface area (TPSA) is 33.7 Å². The van der Waals surface area contributed by atoms with Gasteiger partial charge in [-0.3, -0.25) is 0 Å². The largest absolute Gasteiger partial charge is 0.493 e. The van der Waals surface area contributed by atoms with E-state index >= 15 is 0 Å². The van der Waals surface area contributed by atoms with Gasteiger partial charge in [0.15, 0.2) is 29.4 Å². The van der Waals surface area contributed by atoms with E-state index in [1.165, 1.54) is 18.2 Å². The van der Waals surface area contributed by atoms with Gasteiger partial charge in [-0.05, 0) is 54.1 Å². The van der Waals surface area contributed by atoms with Crippen LogP contribution in [0.2, 0.25) is 0 Å². The number of benzene rings is 3. The van der Waals surface area contributed by atoms with Crippen LogP contribution >= 0.6 is 0 Å². The van der Waals surface area contributed by atoms with Gasteiger partial charge in [-0.1, -0.05) is 18.2 Å². The molecular weight excluding hydrogens is 393 g/mol. The maximum atomic E-state index is 14.0. The van der Waals surface area contributed by atoms with E-state index in [9.17, 15) is 13.2 Å². The van der Waals surface area contributed by atoms with Crippen molar-refractivity contribution in [2.45, 2.75) is 12.3 Å². The molecule has 2 heterocycles. The second-order valence-corrected chi connectivity index (χ2v) is 7.07. The fourth-order valence-electron chi connectivity index (χ4n) is 3.83. The molecule has 0 amide bonds. The molecule has 2 unspecified atom stereocenters. The molecule has 5 rings (SSSR count). The zero-order valence-corrected chi connectivity index (χ0v) is 15.9. The number of hydrazine groups is 1. The van der Waals surface area contributed by atoms with Crippen molar-refractivity contribution < 1.29 is 22.6 Å². The van der Waals surface area contributed by atoms with Crippen molar-refractivity contribution in [1.29, 1.82) is 0 Å². The van der Waals surface area contributed by atoms with Gasteiger partial charge >= 0.3 is 0 Å². The first kappa shape index (κ1) is 18.6. The van der Waals surface area contributed by atoms with E-state index in [-0.39, 0.29) is 11.9 Å². The number of hydrogen-bond acceptors (Lipinski definition) is 4. The van der Waals surface area contributed by atoms with Gasteiger partial charge in [0.25, 0.3) is 0 Å². The second-order valence-electron chi connectivity index (χ2n) is 7.07. The van der Waals surface area contributed by atoms with E-state index < -0.39 is 17.9 Å². The quantitative estimate of drug-likeness (QED) is 0.651. The van der Waals surface area contributed by atoms with Crippen LogP contribution in [0.3, 0.4) is 0 Å². The minimum atomic E-state index is -0.954. The normalized spacial score (nSPS) is 19.9. The molecule has 30 heavy (non-hydrogen) atoms. The molecule has 3 aromatic carbocycles. The highest BCUT2D eigenvalue weighted by atomic mass is 19.2. The summed E-state index contributed by atoms with van der Waals surface area (Å²) in [6.07, 6.45) is 1.24. The van der Waals surface area contributed by atoms with Crippen LogP contribution in [0.5, 0.6) is 11.5 Å². The van der Waals surface area contributed by atoms with Crippen molar-refractivity contribution in [3.05, 3.63) is 101 Å². The summed E-state index contributed by atoms with van der Waals surface area (Å²) in [4.78, 5) is 0. The number of nitrogens with one attached hydrogen (secondary N) is 1. The Labute approximate surface area is 171 Å².